The highest BCUT2D eigenvalue weighted by Crippen LogP contribution is 2.14. The van der Waals surface area contributed by atoms with E-state index in [9.17, 15) is 38.4 Å². The number of anilines is 1. The van der Waals surface area contributed by atoms with Crippen LogP contribution in [-0.2, 0) is 44.8 Å². The zero-order valence-corrected chi connectivity index (χ0v) is 27.2. The Kier molecular flexibility index (Phi) is 17.9. The molecule has 15 nitrogen and oxygen atoms in total. The van der Waals surface area contributed by atoms with Crippen LogP contribution in [0, 0.1) is 0 Å². The number of rotatable bonds is 20. The minimum absolute atomic E-state index is 0.00442. The van der Waals surface area contributed by atoms with Crippen molar-refractivity contribution >= 4 is 52.8 Å². The minimum Gasteiger partial charge on any atom is -0.359 e. The summed E-state index contributed by atoms with van der Waals surface area (Å²) in [5, 5.41) is 17.9. The van der Waals surface area contributed by atoms with Gasteiger partial charge < -0.3 is 42.0 Å². The summed E-state index contributed by atoms with van der Waals surface area (Å²) >= 11 is 0. The lowest BCUT2D eigenvalue weighted by atomic mass is 10.0. The number of likely N-dealkylation sites (N-methyl/N-ethyl adjacent to an activating group) is 1. The Labute approximate surface area is 269 Å². The largest absolute Gasteiger partial charge is 0.359 e. The van der Waals surface area contributed by atoms with E-state index in [4.69, 9.17) is 0 Å². The monoisotopic (exact) mass is 645 g/mol. The molecule has 0 saturated heterocycles. The summed E-state index contributed by atoms with van der Waals surface area (Å²) in [6.07, 6.45) is 1.70. The molecule has 0 spiro atoms. The lowest BCUT2D eigenvalue weighted by Gasteiger charge is -2.25. The summed E-state index contributed by atoms with van der Waals surface area (Å²) in [6, 6.07) is 3.17. The molecule has 1 rings (SSSR count). The fraction of sp³-hybridized carbons (Fsp3) is 0.548. The van der Waals surface area contributed by atoms with Gasteiger partial charge in [0, 0.05) is 65.9 Å². The highest BCUT2D eigenvalue weighted by molar-refractivity contribution is 5.95. The predicted molar refractivity (Wildman–Crippen MR) is 170 cm³/mol. The van der Waals surface area contributed by atoms with Crippen molar-refractivity contribution in [1.82, 2.24) is 31.9 Å². The molecule has 3 unspecified atom stereocenters. The Morgan fingerprint density at radius 2 is 1.07 bits per heavy atom. The van der Waals surface area contributed by atoms with Crippen molar-refractivity contribution in [3.63, 3.8) is 0 Å². The predicted octanol–water partition coefficient (Wildman–Crippen LogP) is -0.410. The minimum atomic E-state index is -1.22. The van der Waals surface area contributed by atoms with Gasteiger partial charge in [0.1, 0.15) is 23.9 Å². The van der Waals surface area contributed by atoms with Crippen molar-refractivity contribution in [3.8, 4) is 0 Å². The smallest absolute Gasteiger partial charge is 0.243 e. The van der Waals surface area contributed by atoms with E-state index in [1.54, 1.807) is 24.3 Å². The van der Waals surface area contributed by atoms with E-state index in [0.717, 1.165) is 0 Å². The number of ketones is 1. The molecule has 3 atom stereocenters. The van der Waals surface area contributed by atoms with Crippen molar-refractivity contribution in [1.29, 1.82) is 0 Å². The Balaban J connectivity index is 3.16. The standard InChI is InChI=1S/C31H47N7O8/c1-19(39)8-6-7-9-28(43)36-22-12-10-21(11-13-22)18-25(31(46)37-23(29(44)34-5)14-16-26(41)32-3)38-30(45)24(35-20(2)40)15-17-27(42)33-4/h10-13,23-25H,6-9,14-18H2,1-5H3,(H,32,41)(H,33,42)(H,34,44)(H,35,40)(H,36,43)(H,37,46)(H,38,45). The molecule has 0 bridgehead atoms. The average molecular weight is 646 g/mol. The van der Waals surface area contributed by atoms with Crippen LogP contribution >= 0.6 is 0 Å². The molecule has 0 aliphatic carbocycles. The second-order valence-electron chi connectivity index (χ2n) is 10.8. The quantitative estimate of drug-likeness (QED) is 0.0922. The molecule has 0 fully saturated rings. The number of hydrogen-bond donors (Lipinski definition) is 7. The van der Waals surface area contributed by atoms with E-state index < -0.39 is 41.8 Å². The van der Waals surface area contributed by atoms with Gasteiger partial charge in [-0.15, -0.1) is 0 Å². The van der Waals surface area contributed by atoms with E-state index in [1.165, 1.54) is 35.0 Å². The van der Waals surface area contributed by atoms with Gasteiger partial charge in [-0.2, -0.15) is 0 Å². The second kappa shape index (κ2) is 21.0. The van der Waals surface area contributed by atoms with Gasteiger partial charge in [-0.3, -0.25) is 33.6 Å². The van der Waals surface area contributed by atoms with Crippen molar-refractivity contribution in [2.75, 3.05) is 26.5 Å². The molecule has 0 radical (unpaired) electrons. The highest BCUT2D eigenvalue weighted by atomic mass is 16.2. The average Bonchev–Trinajstić information content (AvgIpc) is 3.02. The summed E-state index contributed by atoms with van der Waals surface area (Å²) < 4.78 is 0. The number of amides is 7. The van der Waals surface area contributed by atoms with Gasteiger partial charge in [0.05, 0.1) is 0 Å². The number of unbranched alkanes of at least 4 members (excludes halogenated alkanes) is 1. The van der Waals surface area contributed by atoms with E-state index >= 15 is 0 Å². The van der Waals surface area contributed by atoms with Crippen molar-refractivity contribution in [3.05, 3.63) is 29.8 Å². The Morgan fingerprint density at radius 1 is 0.565 bits per heavy atom. The number of nitrogens with one attached hydrogen (secondary N) is 7. The molecule has 0 aliphatic heterocycles. The lowest BCUT2D eigenvalue weighted by Crippen LogP contribution is -2.57. The second-order valence-corrected chi connectivity index (χ2v) is 10.8. The SMILES string of the molecule is CNC(=O)CCC(NC(C)=O)C(=O)NC(Cc1ccc(NC(=O)CCCCC(C)=O)cc1)C(=O)NC(CCC(=O)NC)C(=O)NC. The first-order chi connectivity index (χ1) is 21.8. The number of hydrogen-bond acceptors (Lipinski definition) is 8. The van der Waals surface area contributed by atoms with Gasteiger partial charge in [-0.05, 0) is 50.3 Å². The number of benzene rings is 1. The van der Waals surface area contributed by atoms with Crippen LogP contribution in [0.3, 0.4) is 0 Å². The van der Waals surface area contributed by atoms with Gasteiger partial charge in [0.25, 0.3) is 0 Å². The Hall–Kier alpha value is -4.82. The van der Waals surface area contributed by atoms with Crippen LogP contribution in [0.4, 0.5) is 5.69 Å². The number of carbonyl (C=O) groups is 8. The summed E-state index contributed by atoms with van der Waals surface area (Å²) in [6.45, 7) is 2.72. The molecule has 15 heteroatoms. The van der Waals surface area contributed by atoms with Crippen molar-refractivity contribution in [2.24, 2.45) is 0 Å². The molecule has 0 heterocycles. The van der Waals surface area contributed by atoms with E-state index in [2.05, 4.69) is 37.2 Å². The van der Waals surface area contributed by atoms with E-state index in [0.29, 0.717) is 30.5 Å². The first-order valence-electron chi connectivity index (χ1n) is 15.2. The van der Waals surface area contributed by atoms with Crippen LogP contribution < -0.4 is 37.2 Å². The third kappa shape index (κ3) is 15.8. The first-order valence-corrected chi connectivity index (χ1v) is 15.2. The fourth-order valence-electron chi connectivity index (χ4n) is 4.35. The summed E-state index contributed by atoms with van der Waals surface area (Å²) in [7, 11) is 4.28. The van der Waals surface area contributed by atoms with Gasteiger partial charge >= 0.3 is 0 Å². The molecule has 46 heavy (non-hydrogen) atoms. The fourth-order valence-corrected chi connectivity index (χ4v) is 4.35. The van der Waals surface area contributed by atoms with Crippen molar-refractivity contribution in [2.45, 2.75) is 89.8 Å². The lowest BCUT2D eigenvalue weighted by molar-refractivity contribution is -0.134. The number of carbonyl (C=O) groups excluding carboxylic acids is 8. The highest BCUT2D eigenvalue weighted by Gasteiger charge is 2.30. The van der Waals surface area contributed by atoms with Crippen LogP contribution in [0.15, 0.2) is 24.3 Å². The van der Waals surface area contributed by atoms with Crippen molar-refractivity contribution < 1.29 is 38.4 Å². The number of Topliss-reactive ketones (excluding diaryl/α,β-unsaturated/α-hetero) is 1. The van der Waals surface area contributed by atoms with Crippen LogP contribution in [-0.4, -0.2) is 86.4 Å². The topological polar surface area (TPSA) is 221 Å². The van der Waals surface area contributed by atoms with E-state index in [-0.39, 0.29) is 62.0 Å². The molecule has 254 valence electrons. The molecular weight excluding hydrogens is 598 g/mol. The van der Waals surface area contributed by atoms with Gasteiger partial charge in [-0.25, -0.2) is 0 Å². The molecule has 0 aromatic heterocycles. The Morgan fingerprint density at radius 3 is 1.57 bits per heavy atom. The Bertz CT molecular complexity index is 1240. The third-order valence-corrected chi connectivity index (χ3v) is 6.94. The van der Waals surface area contributed by atoms with Crippen LogP contribution in [0.2, 0.25) is 0 Å². The first kappa shape index (κ1) is 39.2. The van der Waals surface area contributed by atoms with Gasteiger partial charge in [0.15, 0.2) is 0 Å². The molecule has 7 amide bonds. The summed E-state index contributed by atoms with van der Waals surface area (Å²) in [4.78, 5) is 98.1. The van der Waals surface area contributed by atoms with Crippen LogP contribution in [0.25, 0.3) is 0 Å². The zero-order valence-electron chi connectivity index (χ0n) is 27.2. The van der Waals surface area contributed by atoms with E-state index in [1.807, 2.05) is 0 Å². The van der Waals surface area contributed by atoms with Crippen LogP contribution in [0.5, 0.6) is 0 Å². The maximum atomic E-state index is 13.5. The summed E-state index contributed by atoms with van der Waals surface area (Å²) in [5.41, 5.74) is 1.11. The zero-order chi connectivity index (χ0) is 34.6. The van der Waals surface area contributed by atoms with Gasteiger partial charge in [0.2, 0.25) is 41.4 Å². The maximum Gasteiger partial charge on any atom is 0.243 e. The van der Waals surface area contributed by atoms with Gasteiger partial charge in [-0.1, -0.05) is 12.1 Å². The molecule has 1 aromatic rings. The normalized spacial score (nSPS) is 12.4. The molecule has 7 N–H and O–H groups in total. The molecular formula is C31H47N7O8. The molecule has 0 aliphatic rings. The van der Waals surface area contributed by atoms with Crippen LogP contribution in [0.1, 0.15) is 70.8 Å². The maximum absolute atomic E-state index is 13.5. The molecule has 0 saturated carbocycles. The molecule has 1 aromatic carbocycles. The summed E-state index contributed by atoms with van der Waals surface area (Å²) in [5.74, 6) is -3.28. The third-order valence-electron chi connectivity index (χ3n) is 6.94.